The molecule has 0 fully saturated rings. The first-order valence-electron chi connectivity index (χ1n) is 5.93. The van der Waals surface area contributed by atoms with Gasteiger partial charge in [-0.3, -0.25) is 0 Å². The maximum Gasteiger partial charge on any atom is 0.181 e. The lowest BCUT2D eigenvalue weighted by atomic mass is 10.1. The van der Waals surface area contributed by atoms with Gasteiger partial charge in [0, 0.05) is 0 Å². The molecule has 0 saturated heterocycles. The minimum atomic E-state index is -0.424. The van der Waals surface area contributed by atoms with Crippen LogP contribution in [-0.2, 0) is 9.47 Å². The van der Waals surface area contributed by atoms with Crippen LogP contribution < -0.4 is 0 Å². The quantitative estimate of drug-likeness (QED) is 0.488. The molecule has 0 aliphatic carbocycles. The fourth-order valence-corrected chi connectivity index (χ4v) is 0.994. The van der Waals surface area contributed by atoms with Gasteiger partial charge in [-0.2, -0.15) is 0 Å². The molecule has 0 N–H and O–H groups in total. The molecule has 0 unspecified atom stereocenters. The van der Waals surface area contributed by atoms with Crippen molar-refractivity contribution in [1.29, 1.82) is 0 Å². The Hall–Kier alpha value is -0.860. The van der Waals surface area contributed by atoms with Crippen LogP contribution in [0.2, 0.25) is 0 Å². The van der Waals surface area contributed by atoms with Gasteiger partial charge in [-0.1, -0.05) is 18.2 Å². The fourth-order valence-electron chi connectivity index (χ4n) is 0.994. The van der Waals surface area contributed by atoms with Crippen LogP contribution >= 0.6 is 0 Å². The van der Waals surface area contributed by atoms with Gasteiger partial charge in [-0.25, -0.2) is 0 Å². The second kappa shape index (κ2) is 6.18. The minimum absolute atomic E-state index is 0.388. The Labute approximate surface area is 106 Å². The molecular formula is C15H26O2. The van der Waals surface area contributed by atoms with Crippen LogP contribution in [-0.4, -0.2) is 17.5 Å². The van der Waals surface area contributed by atoms with Crippen molar-refractivity contribution in [1.82, 2.24) is 0 Å². The first-order chi connectivity index (χ1) is 7.67. The summed E-state index contributed by atoms with van der Waals surface area (Å²) in [5.41, 5.74) is 0.188. The van der Waals surface area contributed by atoms with Gasteiger partial charge < -0.3 is 9.47 Å². The first-order valence-corrected chi connectivity index (χ1v) is 5.93. The van der Waals surface area contributed by atoms with E-state index in [4.69, 9.17) is 9.47 Å². The Morgan fingerprint density at radius 1 is 1.00 bits per heavy atom. The summed E-state index contributed by atoms with van der Waals surface area (Å²) < 4.78 is 11.8. The van der Waals surface area contributed by atoms with E-state index in [1.165, 1.54) is 0 Å². The van der Waals surface area contributed by atoms with Crippen molar-refractivity contribution in [2.75, 3.05) is 0 Å². The SMILES string of the molecule is C=CC(C)(C)OC(OC(C)(C)C=C)C(C)=CC. The standard InChI is InChI=1S/C15H26O2/c1-9-12(4)13(16-14(5,6)10-2)17-15(7,8)11-3/h9-11,13H,2-3H2,1,4-8H3. The van der Waals surface area contributed by atoms with Gasteiger partial charge >= 0.3 is 0 Å². The van der Waals surface area contributed by atoms with Crippen LogP contribution in [0.1, 0.15) is 41.5 Å². The molecule has 2 nitrogen and oxygen atoms in total. The summed E-state index contributed by atoms with van der Waals surface area (Å²) in [5, 5.41) is 0. The van der Waals surface area contributed by atoms with Crippen LogP contribution in [0.5, 0.6) is 0 Å². The number of rotatable bonds is 7. The third kappa shape index (κ3) is 5.85. The van der Waals surface area contributed by atoms with Gasteiger partial charge in [0.1, 0.15) is 0 Å². The maximum absolute atomic E-state index is 5.92. The van der Waals surface area contributed by atoms with Crippen molar-refractivity contribution in [3.05, 3.63) is 37.0 Å². The van der Waals surface area contributed by atoms with Gasteiger partial charge in [0.15, 0.2) is 6.29 Å². The molecular weight excluding hydrogens is 212 g/mol. The third-order valence-electron chi connectivity index (χ3n) is 2.63. The summed E-state index contributed by atoms with van der Waals surface area (Å²) in [5.74, 6) is 0. The average molecular weight is 238 g/mol. The molecule has 0 rings (SSSR count). The summed E-state index contributed by atoms with van der Waals surface area (Å²) >= 11 is 0. The number of allylic oxidation sites excluding steroid dienone is 1. The van der Waals surface area contributed by atoms with Crippen molar-refractivity contribution < 1.29 is 9.47 Å². The molecule has 17 heavy (non-hydrogen) atoms. The van der Waals surface area contributed by atoms with E-state index in [2.05, 4.69) is 13.2 Å². The molecule has 0 aromatic carbocycles. The highest BCUT2D eigenvalue weighted by Gasteiger charge is 2.27. The van der Waals surface area contributed by atoms with Crippen LogP contribution in [0.15, 0.2) is 37.0 Å². The highest BCUT2D eigenvalue weighted by molar-refractivity contribution is 5.04. The predicted octanol–water partition coefficient (Wildman–Crippen LogP) is 4.24. The summed E-state index contributed by atoms with van der Waals surface area (Å²) in [6.45, 7) is 19.3. The largest absolute Gasteiger partial charge is 0.339 e. The third-order valence-corrected chi connectivity index (χ3v) is 2.63. The molecule has 0 atom stereocenters. The van der Waals surface area contributed by atoms with Gasteiger partial charge in [0.05, 0.1) is 11.2 Å². The Morgan fingerprint density at radius 3 is 1.59 bits per heavy atom. The summed E-state index contributed by atoms with van der Waals surface area (Å²) in [6.07, 6.45) is 5.14. The van der Waals surface area contributed by atoms with Crippen molar-refractivity contribution in [3.8, 4) is 0 Å². The Balaban J connectivity index is 4.91. The Morgan fingerprint density at radius 2 is 1.35 bits per heavy atom. The predicted molar refractivity (Wildman–Crippen MR) is 73.9 cm³/mol. The molecule has 0 saturated carbocycles. The van der Waals surface area contributed by atoms with E-state index < -0.39 is 11.2 Å². The van der Waals surface area contributed by atoms with Gasteiger partial charge in [0.25, 0.3) is 0 Å². The molecule has 98 valence electrons. The second-order valence-electron chi connectivity index (χ2n) is 5.22. The Bertz CT molecular complexity index is 276. The fraction of sp³-hybridized carbons (Fsp3) is 0.600. The zero-order valence-corrected chi connectivity index (χ0v) is 12.0. The second-order valence-corrected chi connectivity index (χ2v) is 5.22. The first kappa shape index (κ1) is 16.1. The lowest BCUT2D eigenvalue weighted by Gasteiger charge is -2.33. The zero-order chi connectivity index (χ0) is 13.7. The van der Waals surface area contributed by atoms with Crippen molar-refractivity contribution in [2.45, 2.75) is 59.0 Å². The van der Waals surface area contributed by atoms with Gasteiger partial charge in [-0.05, 0) is 47.1 Å². The van der Waals surface area contributed by atoms with Crippen LogP contribution in [0, 0.1) is 0 Å². The lowest BCUT2D eigenvalue weighted by molar-refractivity contribution is -0.200. The Kier molecular flexibility index (Phi) is 5.86. The monoisotopic (exact) mass is 238 g/mol. The van der Waals surface area contributed by atoms with E-state index in [1.54, 1.807) is 12.2 Å². The number of hydrogen-bond acceptors (Lipinski definition) is 2. The van der Waals surface area contributed by atoms with E-state index in [9.17, 15) is 0 Å². The van der Waals surface area contributed by atoms with Crippen molar-refractivity contribution in [3.63, 3.8) is 0 Å². The molecule has 0 aliphatic heterocycles. The van der Waals surface area contributed by atoms with Crippen LogP contribution in [0.3, 0.4) is 0 Å². The van der Waals surface area contributed by atoms with Crippen LogP contribution in [0.4, 0.5) is 0 Å². The summed E-state index contributed by atoms with van der Waals surface area (Å²) in [6, 6.07) is 0. The topological polar surface area (TPSA) is 18.5 Å². The highest BCUT2D eigenvalue weighted by Crippen LogP contribution is 2.24. The highest BCUT2D eigenvalue weighted by atomic mass is 16.7. The lowest BCUT2D eigenvalue weighted by Crippen LogP contribution is -2.36. The van der Waals surface area contributed by atoms with E-state index >= 15 is 0 Å². The molecule has 0 heterocycles. The number of ether oxygens (including phenoxy) is 2. The van der Waals surface area contributed by atoms with Crippen molar-refractivity contribution >= 4 is 0 Å². The van der Waals surface area contributed by atoms with Crippen molar-refractivity contribution in [2.24, 2.45) is 0 Å². The summed E-state index contributed by atoms with van der Waals surface area (Å²) in [7, 11) is 0. The minimum Gasteiger partial charge on any atom is -0.339 e. The normalized spacial score (nSPS) is 13.9. The van der Waals surface area contributed by atoms with Gasteiger partial charge in [0.2, 0.25) is 0 Å². The van der Waals surface area contributed by atoms with Crippen LogP contribution in [0.25, 0.3) is 0 Å². The molecule has 2 heteroatoms. The zero-order valence-electron chi connectivity index (χ0n) is 12.0. The molecule has 0 aromatic rings. The molecule has 0 aliphatic rings. The van der Waals surface area contributed by atoms with E-state index in [0.717, 1.165) is 5.57 Å². The van der Waals surface area contributed by atoms with Gasteiger partial charge in [-0.15, -0.1) is 13.2 Å². The molecule has 0 bridgehead atoms. The molecule has 0 amide bonds. The molecule has 0 spiro atoms. The molecule has 0 aromatic heterocycles. The van der Waals surface area contributed by atoms with E-state index in [-0.39, 0.29) is 6.29 Å². The maximum atomic E-state index is 5.92. The van der Waals surface area contributed by atoms with E-state index in [0.29, 0.717) is 0 Å². The smallest absolute Gasteiger partial charge is 0.181 e. The number of hydrogen-bond donors (Lipinski definition) is 0. The molecule has 0 radical (unpaired) electrons. The summed E-state index contributed by atoms with van der Waals surface area (Å²) in [4.78, 5) is 0. The van der Waals surface area contributed by atoms with E-state index in [1.807, 2.05) is 47.6 Å². The average Bonchev–Trinajstić information content (AvgIpc) is 2.26.